The van der Waals surface area contributed by atoms with Gasteiger partial charge in [-0.25, -0.2) is 0 Å². The van der Waals surface area contributed by atoms with Gasteiger partial charge in [0.1, 0.15) is 6.33 Å². The first-order valence-electron chi connectivity index (χ1n) is 7.78. The maximum atomic E-state index is 12.3. The number of benzene rings is 1. The molecule has 3 amide bonds. The molecule has 0 fully saturated rings. The summed E-state index contributed by atoms with van der Waals surface area (Å²) in [5.41, 5.74) is 1.73. The molecule has 0 radical (unpaired) electrons. The summed E-state index contributed by atoms with van der Waals surface area (Å²) in [6, 6.07) is 8.34. The van der Waals surface area contributed by atoms with Crippen molar-refractivity contribution in [1.29, 1.82) is 0 Å². The van der Waals surface area contributed by atoms with Crippen molar-refractivity contribution in [3.05, 3.63) is 58.5 Å². The van der Waals surface area contributed by atoms with Crippen LogP contribution >= 0.6 is 15.9 Å². The standard InChI is InChI=1S/C17H12BrN5O3/c18-10-7-13(15-21-19-9-22(15)8-10)20-14(24)5-6-23-16(25)11-3-1-2-4-12(11)17(23)26/h1-4,7-9H,5-6H2,(H,20,24). The van der Waals surface area contributed by atoms with Crippen LogP contribution in [-0.2, 0) is 4.79 Å². The Morgan fingerprint density at radius 2 is 1.85 bits per heavy atom. The van der Waals surface area contributed by atoms with E-state index in [1.54, 1.807) is 40.9 Å². The topological polar surface area (TPSA) is 96.7 Å². The first-order chi connectivity index (χ1) is 12.5. The summed E-state index contributed by atoms with van der Waals surface area (Å²) in [4.78, 5) is 38.0. The molecule has 130 valence electrons. The second kappa shape index (κ2) is 6.34. The second-order valence-corrected chi connectivity index (χ2v) is 6.66. The Bertz CT molecular complexity index is 1030. The number of nitrogens with one attached hydrogen (secondary N) is 1. The lowest BCUT2D eigenvalue weighted by molar-refractivity contribution is -0.116. The Kier molecular flexibility index (Phi) is 4.00. The molecule has 26 heavy (non-hydrogen) atoms. The zero-order valence-corrected chi connectivity index (χ0v) is 14.9. The van der Waals surface area contributed by atoms with Gasteiger partial charge >= 0.3 is 0 Å². The van der Waals surface area contributed by atoms with Crippen LogP contribution in [0.1, 0.15) is 27.1 Å². The van der Waals surface area contributed by atoms with Crippen LogP contribution in [-0.4, -0.2) is 43.8 Å². The fourth-order valence-corrected chi connectivity index (χ4v) is 3.31. The third-order valence-electron chi connectivity index (χ3n) is 4.07. The summed E-state index contributed by atoms with van der Waals surface area (Å²) in [6.45, 7) is 0.00909. The first-order valence-corrected chi connectivity index (χ1v) is 8.58. The Morgan fingerprint density at radius 1 is 1.15 bits per heavy atom. The maximum Gasteiger partial charge on any atom is 0.261 e. The zero-order chi connectivity index (χ0) is 18.3. The Morgan fingerprint density at radius 3 is 2.54 bits per heavy atom. The van der Waals surface area contributed by atoms with Gasteiger partial charge in [0.15, 0.2) is 5.65 Å². The van der Waals surface area contributed by atoms with Gasteiger partial charge in [0.25, 0.3) is 11.8 Å². The molecular formula is C17H12BrN5O3. The van der Waals surface area contributed by atoms with Crippen LogP contribution in [0.2, 0.25) is 0 Å². The van der Waals surface area contributed by atoms with E-state index in [0.717, 1.165) is 9.37 Å². The minimum absolute atomic E-state index is 0.00909. The third kappa shape index (κ3) is 2.76. The van der Waals surface area contributed by atoms with Crippen LogP contribution in [0.3, 0.4) is 0 Å². The highest BCUT2D eigenvalue weighted by Crippen LogP contribution is 2.23. The van der Waals surface area contributed by atoms with Crippen molar-refractivity contribution in [3.8, 4) is 0 Å². The molecular weight excluding hydrogens is 402 g/mol. The Hall–Kier alpha value is -3.07. The summed E-state index contributed by atoms with van der Waals surface area (Å²) in [6.07, 6.45) is 3.27. The van der Waals surface area contributed by atoms with E-state index < -0.39 is 0 Å². The zero-order valence-electron chi connectivity index (χ0n) is 13.3. The molecule has 0 atom stereocenters. The number of aromatic nitrogens is 3. The normalized spacial score (nSPS) is 13.3. The fraction of sp³-hybridized carbons (Fsp3) is 0.118. The van der Waals surface area contributed by atoms with Gasteiger partial charge in [-0.15, -0.1) is 10.2 Å². The molecule has 0 bridgehead atoms. The van der Waals surface area contributed by atoms with Gasteiger partial charge in [-0.2, -0.15) is 0 Å². The minimum atomic E-state index is -0.374. The molecule has 0 saturated heterocycles. The largest absolute Gasteiger partial charge is 0.323 e. The molecule has 1 aromatic carbocycles. The van der Waals surface area contributed by atoms with Crippen molar-refractivity contribution in [3.63, 3.8) is 0 Å². The number of fused-ring (bicyclic) bond motifs is 2. The highest BCUT2D eigenvalue weighted by molar-refractivity contribution is 9.10. The molecule has 3 heterocycles. The highest BCUT2D eigenvalue weighted by Gasteiger charge is 2.34. The Balaban J connectivity index is 1.46. The SMILES string of the molecule is O=C(CCN1C(=O)c2ccccc2C1=O)Nc1cc(Br)cn2cnnc12. The van der Waals surface area contributed by atoms with Gasteiger partial charge < -0.3 is 5.32 Å². The lowest BCUT2D eigenvalue weighted by Gasteiger charge is -2.13. The summed E-state index contributed by atoms with van der Waals surface area (Å²) < 4.78 is 2.42. The summed E-state index contributed by atoms with van der Waals surface area (Å²) in [5, 5.41) is 10.5. The number of imide groups is 1. The van der Waals surface area contributed by atoms with Crippen molar-refractivity contribution in [2.75, 3.05) is 11.9 Å². The van der Waals surface area contributed by atoms with Crippen LogP contribution in [0.4, 0.5) is 5.69 Å². The molecule has 0 unspecified atom stereocenters. The number of carbonyl (C=O) groups excluding carboxylic acids is 3. The molecule has 9 heteroatoms. The maximum absolute atomic E-state index is 12.3. The molecule has 0 saturated carbocycles. The molecule has 1 aliphatic rings. The van der Waals surface area contributed by atoms with Gasteiger partial charge in [-0.3, -0.25) is 23.7 Å². The van der Waals surface area contributed by atoms with Crippen molar-refractivity contribution in [2.24, 2.45) is 0 Å². The number of amides is 3. The molecule has 3 aromatic rings. The van der Waals surface area contributed by atoms with Crippen molar-refractivity contribution in [2.45, 2.75) is 6.42 Å². The molecule has 2 aromatic heterocycles. The van der Waals surface area contributed by atoms with E-state index in [2.05, 4.69) is 31.4 Å². The average Bonchev–Trinajstić information content (AvgIpc) is 3.18. The van der Waals surface area contributed by atoms with Crippen LogP contribution in [0, 0.1) is 0 Å². The predicted octanol–water partition coefficient (Wildman–Crippen LogP) is 2.12. The van der Waals surface area contributed by atoms with E-state index in [-0.39, 0.29) is 30.7 Å². The van der Waals surface area contributed by atoms with Gasteiger partial charge in [0.05, 0.1) is 16.8 Å². The third-order valence-corrected chi connectivity index (χ3v) is 4.51. The van der Waals surface area contributed by atoms with Crippen LogP contribution in [0.5, 0.6) is 0 Å². The van der Waals surface area contributed by atoms with E-state index >= 15 is 0 Å². The summed E-state index contributed by atoms with van der Waals surface area (Å²) in [7, 11) is 0. The number of rotatable bonds is 4. The number of nitrogens with zero attached hydrogens (tertiary/aromatic N) is 4. The number of pyridine rings is 1. The van der Waals surface area contributed by atoms with Gasteiger partial charge in [-0.1, -0.05) is 12.1 Å². The molecule has 0 spiro atoms. The lowest BCUT2D eigenvalue weighted by atomic mass is 10.1. The van der Waals surface area contributed by atoms with Gasteiger partial charge in [-0.05, 0) is 34.1 Å². The molecule has 4 rings (SSSR count). The average molecular weight is 414 g/mol. The highest BCUT2D eigenvalue weighted by atomic mass is 79.9. The molecule has 8 nitrogen and oxygen atoms in total. The lowest BCUT2D eigenvalue weighted by Crippen LogP contribution is -2.32. The molecule has 1 aliphatic heterocycles. The number of hydrogen-bond donors (Lipinski definition) is 1. The van der Waals surface area contributed by atoms with E-state index in [1.165, 1.54) is 6.33 Å². The quantitative estimate of drug-likeness (QED) is 0.660. The molecule has 1 N–H and O–H groups in total. The second-order valence-electron chi connectivity index (χ2n) is 5.74. The van der Waals surface area contributed by atoms with E-state index in [4.69, 9.17) is 0 Å². The van der Waals surface area contributed by atoms with Crippen molar-refractivity contribution >= 4 is 45.0 Å². The Labute approximate surface area is 155 Å². The number of carbonyl (C=O) groups is 3. The number of hydrogen-bond acceptors (Lipinski definition) is 5. The number of anilines is 1. The van der Waals surface area contributed by atoms with Crippen molar-refractivity contribution < 1.29 is 14.4 Å². The predicted molar refractivity (Wildman–Crippen MR) is 95.7 cm³/mol. The van der Waals surface area contributed by atoms with E-state index in [9.17, 15) is 14.4 Å². The van der Waals surface area contributed by atoms with Crippen LogP contribution in [0.15, 0.2) is 47.3 Å². The number of halogens is 1. The summed E-state index contributed by atoms with van der Waals surface area (Å²) in [5.74, 6) is -1.08. The van der Waals surface area contributed by atoms with Crippen LogP contribution in [0.25, 0.3) is 5.65 Å². The van der Waals surface area contributed by atoms with E-state index in [1.807, 2.05) is 0 Å². The minimum Gasteiger partial charge on any atom is -0.323 e. The monoisotopic (exact) mass is 413 g/mol. The fourth-order valence-electron chi connectivity index (χ4n) is 2.86. The smallest absolute Gasteiger partial charge is 0.261 e. The van der Waals surface area contributed by atoms with Gasteiger partial charge in [0.2, 0.25) is 5.91 Å². The van der Waals surface area contributed by atoms with Crippen LogP contribution < -0.4 is 5.32 Å². The van der Waals surface area contributed by atoms with Gasteiger partial charge in [0, 0.05) is 23.6 Å². The van der Waals surface area contributed by atoms with Crippen molar-refractivity contribution in [1.82, 2.24) is 19.5 Å². The summed E-state index contributed by atoms with van der Waals surface area (Å²) >= 11 is 3.36. The van der Waals surface area contributed by atoms with E-state index in [0.29, 0.717) is 22.5 Å². The molecule has 0 aliphatic carbocycles. The first kappa shape index (κ1) is 16.4.